The summed E-state index contributed by atoms with van der Waals surface area (Å²) in [4.78, 5) is 31.5. The van der Waals surface area contributed by atoms with Crippen molar-refractivity contribution in [1.82, 2.24) is 9.97 Å². The normalized spacial score (nSPS) is 12.8. The molecule has 0 aliphatic carbocycles. The zero-order valence-electron chi connectivity index (χ0n) is 16.5. The molecular weight excluding hydrogens is 402 g/mol. The Balaban J connectivity index is 1.57. The molecule has 2 aromatic carbocycles. The number of amides is 2. The molecule has 31 heavy (non-hydrogen) atoms. The van der Waals surface area contributed by atoms with E-state index in [1.807, 2.05) is 0 Å². The van der Waals surface area contributed by atoms with E-state index < -0.39 is 17.9 Å². The molecule has 1 aliphatic heterocycles. The summed E-state index contributed by atoms with van der Waals surface area (Å²) in [7, 11) is 0. The molecule has 5 N–H and O–H groups in total. The summed E-state index contributed by atoms with van der Waals surface area (Å²) in [6.45, 7) is 1.77. The molecule has 4 rings (SSSR count). The second-order valence-electron chi connectivity index (χ2n) is 6.74. The molecule has 0 bridgehead atoms. The third-order valence-corrected chi connectivity index (χ3v) is 4.46. The molecule has 0 spiro atoms. The molecule has 0 radical (unpaired) electrons. The molecule has 0 saturated heterocycles. The smallest absolute Gasteiger partial charge is 0.267 e. The molecule has 10 heteroatoms. The van der Waals surface area contributed by atoms with E-state index in [0.717, 1.165) is 0 Å². The largest absolute Gasteiger partial charge is 0.457 e. The number of primary amides is 2. The van der Waals surface area contributed by atoms with Gasteiger partial charge in [0.25, 0.3) is 5.91 Å². The van der Waals surface area contributed by atoms with E-state index in [2.05, 4.69) is 15.3 Å². The average molecular weight is 421 g/mol. The maximum Gasteiger partial charge on any atom is 0.267 e. The number of fused-ring (bicyclic) bond motifs is 1. The van der Waals surface area contributed by atoms with Gasteiger partial charge in [0.1, 0.15) is 29.1 Å². The number of hydrogen-bond donors (Lipinski definition) is 3. The van der Waals surface area contributed by atoms with Crippen molar-refractivity contribution in [3.05, 3.63) is 54.2 Å². The van der Waals surface area contributed by atoms with E-state index in [9.17, 15) is 9.59 Å². The van der Waals surface area contributed by atoms with Crippen molar-refractivity contribution in [2.75, 3.05) is 12.1 Å². The lowest BCUT2D eigenvalue weighted by Crippen LogP contribution is -2.33. The van der Waals surface area contributed by atoms with E-state index >= 15 is 0 Å². The van der Waals surface area contributed by atoms with E-state index in [1.165, 1.54) is 6.07 Å². The number of nitrogens with one attached hydrogen (secondary N) is 1. The molecule has 3 aromatic rings. The number of anilines is 1. The van der Waals surface area contributed by atoms with E-state index in [4.69, 9.17) is 25.7 Å². The summed E-state index contributed by atoms with van der Waals surface area (Å²) in [5.41, 5.74) is 11.3. The minimum Gasteiger partial charge on any atom is -0.457 e. The summed E-state index contributed by atoms with van der Waals surface area (Å²) < 4.78 is 16.5. The minimum absolute atomic E-state index is 0.00450. The Morgan fingerprint density at radius 2 is 1.71 bits per heavy atom. The van der Waals surface area contributed by atoms with Gasteiger partial charge in [-0.3, -0.25) is 9.59 Å². The molecule has 2 heterocycles. The standard InChI is InChI=1S/C21H19N5O5/c1-11(19(22)27)24-18-9-15(20(23)28)25-21(26-18)12-2-4-13(5-3-12)31-14-6-7-16-17(8-14)30-10-29-16/h2-9,11H,10H2,1H3,(H2,22,27)(H2,23,28)(H,24,25,26)/t11-/m0/s1. The van der Waals surface area contributed by atoms with Crippen LogP contribution in [0.25, 0.3) is 11.4 Å². The number of rotatable bonds is 7. The SMILES string of the molecule is C[C@H](Nc1cc(C(N)=O)nc(-c2ccc(Oc3ccc4c(c3)OCO4)cc2)n1)C(N)=O. The third-order valence-electron chi connectivity index (χ3n) is 4.46. The summed E-state index contributed by atoms with van der Waals surface area (Å²) in [5, 5.41) is 2.83. The van der Waals surface area contributed by atoms with Gasteiger partial charge < -0.3 is 31.0 Å². The monoisotopic (exact) mass is 421 g/mol. The molecular formula is C21H19N5O5. The first kappa shape index (κ1) is 20.0. The summed E-state index contributed by atoms with van der Waals surface area (Å²) in [6, 6.07) is 12.9. The first-order valence-electron chi connectivity index (χ1n) is 9.32. The van der Waals surface area contributed by atoms with Crippen LogP contribution in [0, 0.1) is 0 Å². The van der Waals surface area contributed by atoms with Crippen LogP contribution in [0.4, 0.5) is 5.82 Å². The highest BCUT2D eigenvalue weighted by Crippen LogP contribution is 2.36. The number of carbonyl (C=O) groups is 2. The van der Waals surface area contributed by atoms with Gasteiger partial charge >= 0.3 is 0 Å². The van der Waals surface area contributed by atoms with E-state index in [-0.39, 0.29) is 24.1 Å². The van der Waals surface area contributed by atoms with Gasteiger partial charge in [0.2, 0.25) is 12.7 Å². The molecule has 0 saturated carbocycles. The van der Waals surface area contributed by atoms with Gasteiger partial charge in [0, 0.05) is 17.7 Å². The lowest BCUT2D eigenvalue weighted by molar-refractivity contribution is -0.118. The molecule has 1 atom stereocenters. The van der Waals surface area contributed by atoms with Crippen molar-refractivity contribution in [3.8, 4) is 34.4 Å². The van der Waals surface area contributed by atoms with Gasteiger partial charge in [-0.1, -0.05) is 0 Å². The predicted octanol–water partition coefficient (Wildman–Crippen LogP) is 2.05. The molecule has 158 valence electrons. The number of nitrogens with two attached hydrogens (primary N) is 2. The Morgan fingerprint density at radius 3 is 2.42 bits per heavy atom. The van der Waals surface area contributed by atoms with Gasteiger partial charge in [-0.15, -0.1) is 0 Å². The Kier molecular flexibility index (Phi) is 5.27. The Hall–Kier alpha value is -4.34. The van der Waals surface area contributed by atoms with Gasteiger partial charge in [0.15, 0.2) is 17.3 Å². The second kappa shape index (κ2) is 8.19. The molecule has 1 aromatic heterocycles. The molecule has 0 unspecified atom stereocenters. The Morgan fingerprint density at radius 1 is 1.00 bits per heavy atom. The maximum absolute atomic E-state index is 11.7. The number of nitrogens with zero attached hydrogens (tertiary/aromatic N) is 2. The fourth-order valence-electron chi connectivity index (χ4n) is 2.82. The lowest BCUT2D eigenvalue weighted by Gasteiger charge is -2.13. The number of hydrogen-bond acceptors (Lipinski definition) is 8. The zero-order chi connectivity index (χ0) is 22.0. The topological polar surface area (TPSA) is 152 Å². The molecule has 2 amide bonds. The fraction of sp³-hybridized carbons (Fsp3) is 0.143. The van der Waals surface area contributed by atoms with Gasteiger partial charge in [0.05, 0.1) is 0 Å². The van der Waals surface area contributed by atoms with Crippen LogP contribution in [0.2, 0.25) is 0 Å². The summed E-state index contributed by atoms with van der Waals surface area (Å²) >= 11 is 0. The Bertz CT molecular complexity index is 1150. The van der Waals surface area contributed by atoms with Crippen LogP contribution >= 0.6 is 0 Å². The highest BCUT2D eigenvalue weighted by Gasteiger charge is 2.16. The third kappa shape index (κ3) is 4.47. The first-order valence-corrected chi connectivity index (χ1v) is 9.32. The molecule has 10 nitrogen and oxygen atoms in total. The maximum atomic E-state index is 11.7. The quantitative estimate of drug-likeness (QED) is 0.524. The van der Waals surface area contributed by atoms with Crippen LogP contribution in [-0.2, 0) is 4.79 Å². The fourth-order valence-corrected chi connectivity index (χ4v) is 2.82. The molecule has 0 fully saturated rings. The highest BCUT2D eigenvalue weighted by molar-refractivity contribution is 5.92. The Labute approximate surface area is 177 Å². The van der Waals surface area contributed by atoms with Crippen molar-refractivity contribution < 1.29 is 23.8 Å². The van der Waals surface area contributed by atoms with Crippen LogP contribution in [0.5, 0.6) is 23.0 Å². The van der Waals surface area contributed by atoms with Crippen LogP contribution < -0.4 is 31.0 Å². The van der Waals surface area contributed by atoms with Crippen molar-refractivity contribution in [2.24, 2.45) is 11.5 Å². The van der Waals surface area contributed by atoms with Crippen molar-refractivity contribution in [1.29, 1.82) is 0 Å². The van der Waals surface area contributed by atoms with Crippen LogP contribution in [-0.4, -0.2) is 34.6 Å². The number of carbonyl (C=O) groups excluding carboxylic acids is 2. The van der Waals surface area contributed by atoms with Crippen LogP contribution in [0.1, 0.15) is 17.4 Å². The number of aromatic nitrogens is 2. The first-order chi connectivity index (χ1) is 14.9. The van der Waals surface area contributed by atoms with E-state index in [0.29, 0.717) is 28.6 Å². The van der Waals surface area contributed by atoms with Gasteiger partial charge in [-0.2, -0.15) is 0 Å². The van der Waals surface area contributed by atoms with E-state index in [1.54, 1.807) is 49.4 Å². The van der Waals surface area contributed by atoms with Gasteiger partial charge in [-0.25, -0.2) is 9.97 Å². The predicted molar refractivity (Wildman–Crippen MR) is 111 cm³/mol. The van der Waals surface area contributed by atoms with Crippen LogP contribution in [0.15, 0.2) is 48.5 Å². The summed E-state index contributed by atoms with van der Waals surface area (Å²) in [5.74, 6) is 1.69. The molecule has 1 aliphatic rings. The number of ether oxygens (including phenoxy) is 3. The summed E-state index contributed by atoms with van der Waals surface area (Å²) in [6.07, 6.45) is 0. The second-order valence-corrected chi connectivity index (χ2v) is 6.74. The van der Waals surface area contributed by atoms with Crippen LogP contribution in [0.3, 0.4) is 0 Å². The van der Waals surface area contributed by atoms with Crippen molar-refractivity contribution in [3.63, 3.8) is 0 Å². The minimum atomic E-state index is -0.721. The van der Waals surface area contributed by atoms with Crippen molar-refractivity contribution >= 4 is 17.6 Å². The lowest BCUT2D eigenvalue weighted by atomic mass is 10.2. The van der Waals surface area contributed by atoms with Gasteiger partial charge in [-0.05, 0) is 43.3 Å². The number of benzene rings is 2. The highest BCUT2D eigenvalue weighted by atomic mass is 16.7. The van der Waals surface area contributed by atoms with Crippen molar-refractivity contribution in [2.45, 2.75) is 13.0 Å². The average Bonchev–Trinajstić information content (AvgIpc) is 3.22. The zero-order valence-corrected chi connectivity index (χ0v) is 16.5.